The lowest BCUT2D eigenvalue weighted by atomic mass is 9.95. The highest BCUT2D eigenvalue weighted by Crippen LogP contribution is 2.25. The number of hydrogen-bond acceptors (Lipinski definition) is 1. The summed E-state index contributed by atoms with van der Waals surface area (Å²) in [6.45, 7) is 14.4. The van der Waals surface area contributed by atoms with Crippen LogP contribution in [0, 0.1) is 0 Å². The van der Waals surface area contributed by atoms with Crippen LogP contribution >= 0.6 is 0 Å². The van der Waals surface area contributed by atoms with Crippen LogP contribution in [0.15, 0.2) is 12.1 Å². The minimum Gasteiger partial charge on any atom is -0.508 e. The molecular formula is C16H30O. The number of phenols is 1. The minimum absolute atomic E-state index is 0.455. The molecular weight excluding hydrogens is 208 g/mol. The second-order valence-corrected chi connectivity index (χ2v) is 3.26. The SMILES string of the molecule is CC.CC.CCc1ccc(O)c(CC)c1CC. The third-order valence-electron chi connectivity index (χ3n) is 2.59. The van der Waals surface area contributed by atoms with Gasteiger partial charge in [0.25, 0.3) is 0 Å². The lowest BCUT2D eigenvalue weighted by Crippen LogP contribution is -1.97. The summed E-state index contributed by atoms with van der Waals surface area (Å²) < 4.78 is 0. The van der Waals surface area contributed by atoms with Crippen molar-refractivity contribution in [1.82, 2.24) is 0 Å². The van der Waals surface area contributed by atoms with E-state index in [2.05, 4.69) is 20.8 Å². The Morgan fingerprint density at radius 1 is 0.765 bits per heavy atom. The molecule has 0 amide bonds. The lowest BCUT2D eigenvalue weighted by molar-refractivity contribution is 0.467. The predicted octanol–water partition coefficient (Wildman–Crippen LogP) is 5.13. The van der Waals surface area contributed by atoms with Gasteiger partial charge in [0.2, 0.25) is 0 Å². The van der Waals surface area contributed by atoms with E-state index in [0.717, 1.165) is 24.8 Å². The van der Waals surface area contributed by atoms with Gasteiger partial charge in [-0.1, -0.05) is 54.5 Å². The molecule has 0 heterocycles. The second-order valence-electron chi connectivity index (χ2n) is 3.26. The first-order valence-corrected chi connectivity index (χ1v) is 7.07. The molecule has 0 unspecified atom stereocenters. The van der Waals surface area contributed by atoms with Gasteiger partial charge >= 0.3 is 0 Å². The number of rotatable bonds is 3. The second kappa shape index (κ2) is 11.5. The van der Waals surface area contributed by atoms with Gasteiger partial charge in [-0.3, -0.25) is 0 Å². The molecule has 0 aromatic heterocycles. The van der Waals surface area contributed by atoms with E-state index in [0.29, 0.717) is 5.75 Å². The summed E-state index contributed by atoms with van der Waals surface area (Å²) in [4.78, 5) is 0. The Morgan fingerprint density at radius 3 is 1.59 bits per heavy atom. The molecule has 0 aliphatic rings. The van der Waals surface area contributed by atoms with E-state index in [1.54, 1.807) is 0 Å². The van der Waals surface area contributed by atoms with E-state index in [4.69, 9.17) is 0 Å². The lowest BCUT2D eigenvalue weighted by Gasteiger charge is -2.12. The first-order chi connectivity index (χ1) is 8.24. The minimum atomic E-state index is 0.455. The summed E-state index contributed by atoms with van der Waals surface area (Å²) in [5.74, 6) is 0.455. The molecule has 1 aromatic carbocycles. The molecule has 0 fully saturated rings. The van der Waals surface area contributed by atoms with Crippen molar-refractivity contribution in [2.75, 3.05) is 0 Å². The fourth-order valence-electron chi connectivity index (χ4n) is 1.90. The van der Waals surface area contributed by atoms with Gasteiger partial charge in [-0.2, -0.15) is 0 Å². The summed E-state index contributed by atoms with van der Waals surface area (Å²) >= 11 is 0. The zero-order chi connectivity index (χ0) is 13.8. The molecule has 1 nitrogen and oxygen atoms in total. The van der Waals surface area contributed by atoms with E-state index < -0.39 is 0 Å². The molecule has 0 bridgehead atoms. The van der Waals surface area contributed by atoms with Crippen molar-refractivity contribution in [3.05, 3.63) is 28.8 Å². The maximum absolute atomic E-state index is 9.64. The van der Waals surface area contributed by atoms with Crippen LogP contribution in [0.3, 0.4) is 0 Å². The monoisotopic (exact) mass is 238 g/mol. The van der Waals surface area contributed by atoms with Gasteiger partial charge in [0.15, 0.2) is 0 Å². The van der Waals surface area contributed by atoms with Gasteiger partial charge in [-0.15, -0.1) is 0 Å². The molecule has 0 aliphatic carbocycles. The van der Waals surface area contributed by atoms with Gasteiger partial charge in [-0.05, 0) is 42.0 Å². The van der Waals surface area contributed by atoms with Crippen molar-refractivity contribution in [1.29, 1.82) is 0 Å². The molecule has 1 heteroatoms. The zero-order valence-electron chi connectivity index (χ0n) is 12.7. The first-order valence-electron chi connectivity index (χ1n) is 7.07. The maximum Gasteiger partial charge on any atom is 0.119 e. The third kappa shape index (κ3) is 5.25. The van der Waals surface area contributed by atoms with Gasteiger partial charge < -0.3 is 5.11 Å². The van der Waals surface area contributed by atoms with Crippen molar-refractivity contribution >= 4 is 0 Å². The molecule has 0 saturated carbocycles. The van der Waals surface area contributed by atoms with E-state index in [-0.39, 0.29) is 0 Å². The topological polar surface area (TPSA) is 20.2 Å². The fourth-order valence-corrected chi connectivity index (χ4v) is 1.90. The van der Waals surface area contributed by atoms with E-state index in [9.17, 15) is 5.11 Å². The molecule has 0 atom stereocenters. The molecule has 0 aliphatic heterocycles. The van der Waals surface area contributed by atoms with Crippen molar-refractivity contribution in [3.8, 4) is 5.75 Å². The Labute approximate surface area is 108 Å². The number of aromatic hydroxyl groups is 1. The van der Waals surface area contributed by atoms with Crippen molar-refractivity contribution < 1.29 is 5.11 Å². The van der Waals surface area contributed by atoms with Crippen LogP contribution in [0.25, 0.3) is 0 Å². The maximum atomic E-state index is 9.64. The highest BCUT2D eigenvalue weighted by molar-refractivity contribution is 5.44. The van der Waals surface area contributed by atoms with Crippen LogP contribution in [0.2, 0.25) is 0 Å². The first kappa shape index (κ1) is 18.4. The largest absolute Gasteiger partial charge is 0.508 e. The standard InChI is InChI=1S/C12H18O.2C2H6/c1-4-9-7-8-12(13)11(6-3)10(9)5-2;2*1-2/h7-8,13H,4-6H2,1-3H3;2*1-2H3. The summed E-state index contributed by atoms with van der Waals surface area (Å²) in [5.41, 5.74) is 3.84. The molecule has 1 aromatic rings. The number of hydrogen-bond donors (Lipinski definition) is 1. The Balaban J connectivity index is 0. The van der Waals surface area contributed by atoms with E-state index in [1.807, 2.05) is 39.8 Å². The third-order valence-corrected chi connectivity index (χ3v) is 2.59. The van der Waals surface area contributed by atoms with Crippen molar-refractivity contribution in [3.63, 3.8) is 0 Å². The Morgan fingerprint density at radius 2 is 1.24 bits per heavy atom. The van der Waals surface area contributed by atoms with Crippen LogP contribution in [-0.2, 0) is 19.3 Å². The van der Waals surface area contributed by atoms with Gasteiger partial charge in [0.05, 0.1) is 0 Å². The number of aryl methyl sites for hydroxylation is 1. The van der Waals surface area contributed by atoms with Crippen LogP contribution in [0.5, 0.6) is 5.75 Å². The molecule has 1 N–H and O–H groups in total. The molecule has 0 radical (unpaired) electrons. The summed E-state index contributed by atoms with van der Waals surface area (Å²) in [7, 11) is 0. The molecule has 17 heavy (non-hydrogen) atoms. The molecule has 1 rings (SSSR count). The van der Waals surface area contributed by atoms with Crippen LogP contribution in [0.4, 0.5) is 0 Å². The molecule has 0 saturated heterocycles. The average molecular weight is 238 g/mol. The summed E-state index contributed by atoms with van der Waals surface area (Å²) in [6, 6.07) is 3.85. The highest BCUT2D eigenvalue weighted by Gasteiger charge is 2.08. The average Bonchev–Trinajstić information content (AvgIpc) is 2.42. The number of benzene rings is 1. The zero-order valence-corrected chi connectivity index (χ0v) is 12.7. The summed E-state index contributed by atoms with van der Waals surface area (Å²) in [6.07, 6.45) is 2.99. The molecule has 0 spiro atoms. The van der Waals surface area contributed by atoms with E-state index in [1.165, 1.54) is 11.1 Å². The van der Waals surface area contributed by atoms with Crippen LogP contribution in [-0.4, -0.2) is 5.11 Å². The van der Waals surface area contributed by atoms with Crippen LogP contribution < -0.4 is 0 Å². The van der Waals surface area contributed by atoms with Crippen LogP contribution in [0.1, 0.15) is 65.2 Å². The van der Waals surface area contributed by atoms with E-state index >= 15 is 0 Å². The van der Waals surface area contributed by atoms with Crippen molar-refractivity contribution in [2.45, 2.75) is 67.7 Å². The Hall–Kier alpha value is -0.980. The predicted molar refractivity (Wildman–Crippen MR) is 78.9 cm³/mol. The van der Waals surface area contributed by atoms with Gasteiger partial charge in [0, 0.05) is 0 Å². The number of phenolic OH excluding ortho intramolecular Hbond substituents is 1. The smallest absolute Gasteiger partial charge is 0.119 e. The Kier molecular flexibility index (Phi) is 12.4. The Bertz CT molecular complexity index is 290. The fraction of sp³-hybridized carbons (Fsp3) is 0.625. The normalized spacial score (nSPS) is 8.65. The highest BCUT2D eigenvalue weighted by atomic mass is 16.3. The van der Waals surface area contributed by atoms with Crippen molar-refractivity contribution in [2.24, 2.45) is 0 Å². The van der Waals surface area contributed by atoms with Gasteiger partial charge in [0.1, 0.15) is 5.75 Å². The quantitative estimate of drug-likeness (QED) is 0.773. The summed E-state index contributed by atoms with van der Waals surface area (Å²) in [5, 5.41) is 9.64. The van der Waals surface area contributed by atoms with Gasteiger partial charge in [-0.25, -0.2) is 0 Å². The molecule has 100 valence electrons.